The van der Waals surface area contributed by atoms with Crippen LogP contribution in [0.25, 0.3) is 6.08 Å². The fourth-order valence-electron chi connectivity index (χ4n) is 3.88. The lowest BCUT2D eigenvalue weighted by atomic mass is 10.0. The molecule has 0 saturated carbocycles. The summed E-state index contributed by atoms with van der Waals surface area (Å²) in [4.78, 5) is 32.5. The average Bonchev–Trinajstić information content (AvgIpc) is 2.85. The van der Waals surface area contributed by atoms with E-state index in [2.05, 4.69) is 12.1 Å². The van der Waals surface area contributed by atoms with Crippen molar-refractivity contribution in [3.05, 3.63) is 64.4 Å². The third-order valence-electron chi connectivity index (χ3n) is 5.78. The summed E-state index contributed by atoms with van der Waals surface area (Å²) in [6.07, 6.45) is 13.8. The first kappa shape index (κ1) is 26.4. The molecule has 2 heterocycles. The first-order valence-electron chi connectivity index (χ1n) is 11.7. The molecule has 0 aliphatic carbocycles. The summed E-state index contributed by atoms with van der Waals surface area (Å²) >= 11 is 6.31. The number of ether oxygens (including phenoxy) is 1. The Balaban J connectivity index is 1.89. The van der Waals surface area contributed by atoms with Crippen LogP contribution in [-0.4, -0.2) is 53.3 Å². The van der Waals surface area contributed by atoms with Gasteiger partial charge < -0.3 is 19.8 Å². The van der Waals surface area contributed by atoms with E-state index in [0.29, 0.717) is 31.6 Å². The summed E-state index contributed by atoms with van der Waals surface area (Å²) in [5.74, 6) is -1.78. The lowest BCUT2D eigenvalue weighted by Gasteiger charge is -2.26. The molecule has 2 aliphatic rings. The van der Waals surface area contributed by atoms with Crippen molar-refractivity contribution in [3.8, 4) is 11.5 Å². The van der Waals surface area contributed by atoms with Crippen LogP contribution >= 0.6 is 11.6 Å². The summed E-state index contributed by atoms with van der Waals surface area (Å²) < 4.78 is 5.36. The minimum absolute atomic E-state index is 0.0591. The zero-order valence-electron chi connectivity index (χ0n) is 19.6. The Morgan fingerprint density at radius 1 is 1.23 bits per heavy atom. The molecule has 1 amide bonds. The number of amides is 1. The molecule has 2 aliphatic heterocycles. The van der Waals surface area contributed by atoms with Crippen LogP contribution in [-0.2, 0) is 14.4 Å². The molecule has 0 bridgehead atoms. The van der Waals surface area contributed by atoms with E-state index in [4.69, 9.17) is 21.2 Å². The van der Waals surface area contributed by atoms with Gasteiger partial charge in [-0.1, -0.05) is 36.4 Å². The van der Waals surface area contributed by atoms with E-state index in [1.54, 1.807) is 17.1 Å². The lowest BCUT2D eigenvalue weighted by molar-refractivity contribution is -0.139. The molecule has 8 nitrogen and oxygen atoms in total. The van der Waals surface area contributed by atoms with Gasteiger partial charge in [0.25, 0.3) is 5.91 Å². The minimum Gasteiger partial charge on any atom is -0.507 e. The molecule has 0 spiro atoms. The Kier molecular flexibility index (Phi) is 9.81. The molecule has 3 N–H and O–H groups in total. The van der Waals surface area contributed by atoms with E-state index in [0.717, 1.165) is 37.3 Å². The van der Waals surface area contributed by atoms with Crippen molar-refractivity contribution in [2.24, 2.45) is 0 Å². The second-order valence-corrected chi connectivity index (χ2v) is 8.68. The molecule has 0 radical (unpaired) electrons. The molecule has 0 aromatic heterocycles. The summed E-state index contributed by atoms with van der Waals surface area (Å²) in [6, 6.07) is 0.991. The van der Waals surface area contributed by atoms with Crippen LogP contribution in [0.3, 0.4) is 0 Å². The van der Waals surface area contributed by atoms with E-state index < -0.39 is 17.5 Å². The smallest absolute Gasteiger partial charge is 0.342 e. The van der Waals surface area contributed by atoms with Gasteiger partial charge in [0, 0.05) is 31.1 Å². The molecule has 1 aromatic carbocycles. The number of allylic oxidation sites excluding steroid dienone is 4. The number of cyclic esters (lactones) is 1. The standard InChI is InChI=1S/C26H31ClN2O6/c1-2-18-9-5-3-6-10-19(28-35-17-23(32)29-12-7-4-8-13-29)15-20-24(26(33)34-14-11-18)21(30)16-22(31)25(20)27/h2,6,9-10,15-16,28,30-31H,1,3-5,7-8,11-14,17H2/b10-6+,18-9?,19-15-. The van der Waals surface area contributed by atoms with Crippen LogP contribution in [0, 0.1) is 0 Å². The Hall–Kier alpha value is -3.23. The molecule has 35 heavy (non-hydrogen) atoms. The van der Waals surface area contributed by atoms with E-state index in [1.165, 1.54) is 6.08 Å². The van der Waals surface area contributed by atoms with Crippen LogP contribution in [0.5, 0.6) is 11.5 Å². The monoisotopic (exact) mass is 502 g/mol. The molecule has 3 rings (SSSR count). The number of phenols is 2. The maximum atomic E-state index is 12.8. The number of halogens is 1. The number of fused-ring (bicyclic) bond motifs is 1. The Bertz CT molecular complexity index is 1040. The van der Waals surface area contributed by atoms with Gasteiger partial charge in [0.1, 0.15) is 17.1 Å². The first-order valence-corrected chi connectivity index (χ1v) is 12.0. The number of hydroxylamine groups is 1. The quantitative estimate of drug-likeness (QED) is 0.397. The number of benzene rings is 1. The average molecular weight is 503 g/mol. The van der Waals surface area contributed by atoms with Gasteiger partial charge in [-0.05, 0) is 49.8 Å². The zero-order valence-corrected chi connectivity index (χ0v) is 20.4. The number of nitrogens with one attached hydrogen (secondary N) is 1. The predicted octanol–water partition coefficient (Wildman–Crippen LogP) is 4.64. The number of phenolic OH excluding ortho intramolecular Hbond substituents is 2. The second-order valence-electron chi connectivity index (χ2n) is 8.30. The molecule has 1 fully saturated rings. The maximum absolute atomic E-state index is 12.8. The number of carbonyl (C=O) groups excluding carboxylic acids is 2. The number of carbonyl (C=O) groups is 2. The largest absolute Gasteiger partial charge is 0.507 e. The normalized spacial score (nSPS) is 19.8. The van der Waals surface area contributed by atoms with Gasteiger partial charge in [0.05, 0.1) is 17.3 Å². The second kappa shape index (κ2) is 13.0. The van der Waals surface area contributed by atoms with Crippen molar-refractivity contribution in [2.45, 2.75) is 38.5 Å². The van der Waals surface area contributed by atoms with Gasteiger partial charge in [-0.25, -0.2) is 4.79 Å². The maximum Gasteiger partial charge on any atom is 0.342 e. The van der Waals surface area contributed by atoms with Gasteiger partial charge in [0.15, 0.2) is 6.61 Å². The highest BCUT2D eigenvalue weighted by Crippen LogP contribution is 2.38. The third kappa shape index (κ3) is 7.37. The number of hydrogen-bond donors (Lipinski definition) is 3. The Morgan fingerprint density at radius 3 is 2.74 bits per heavy atom. The van der Waals surface area contributed by atoms with Crippen molar-refractivity contribution >= 4 is 29.6 Å². The van der Waals surface area contributed by atoms with Crippen molar-refractivity contribution in [1.29, 1.82) is 0 Å². The Morgan fingerprint density at radius 2 is 2.00 bits per heavy atom. The fraction of sp³-hybridized carbons (Fsp3) is 0.385. The van der Waals surface area contributed by atoms with Crippen LogP contribution in [0.4, 0.5) is 0 Å². The lowest BCUT2D eigenvalue weighted by Crippen LogP contribution is -2.39. The Labute approximate surface area is 210 Å². The van der Waals surface area contributed by atoms with Crippen molar-refractivity contribution in [2.75, 3.05) is 26.3 Å². The van der Waals surface area contributed by atoms with E-state index in [-0.39, 0.29) is 35.3 Å². The number of nitrogens with zero attached hydrogens (tertiary/aromatic N) is 1. The minimum atomic E-state index is -0.791. The number of rotatable bonds is 5. The van der Waals surface area contributed by atoms with Crippen LogP contribution in [0.15, 0.2) is 48.2 Å². The summed E-state index contributed by atoms with van der Waals surface area (Å²) in [7, 11) is 0. The number of likely N-dealkylation sites (tertiary alicyclic amines) is 1. The molecular formula is C26H31ClN2O6. The van der Waals surface area contributed by atoms with Crippen molar-refractivity contribution in [1.82, 2.24) is 10.4 Å². The van der Waals surface area contributed by atoms with Gasteiger partial charge in [-0.3, -0.25) is 15.1 Å². The van der Waals surface area contributed by atoms with Gasteiger partial charge in [-0.15, -0.1) is 0 Å². The molecule has 1 aromatic rings. The van der Waals surface area contributed by atoms with Crippen molar-refractivity contribution < 1.29 is 29.4 Å². The van der Waals surface area contributed by atoms with Crippen LogP contribution in [0.2, 0.25) is 5.02 Å². The van der Waals surface area contributed by atoms with Crippen molar-refractivity contribution in [3.63, 3.8) is 0 Å². The van der Waals surface area contributed by atoms with Gasteiger partial charge in [-0.2, -0.15) is 0 Å². The predicted molar refractivity (Wildman–Crippen MR) is 134 cm³/mol. The number of hydrogen-bond acceptors (Lipinski definition) is 7. The molecule has 188 valence electrons. The topological polar surface area (TPSA) is 108 Å². The van der Waals surface area contributed by atoms with Gasteiger partial charge >= 0.3 is 5.97 Å². The van der Waals surface area contributed by atoms with E-state index in [9.17, 15) is 19.8 Å². The van der Waals surface area contributed by atoms with E-state index in [1.807, 2.05) is 12.2 Å². The highest BCUT2D eigenvalue weighted by atomic mass is 35.5. The SMILES string of the molecule is C=CC1=CCC/C=C/C(NOCC(=O)N2CCCCC2)=C/c2c(Cl)c(O)cc(O)c2C(=O)OCC1. The van der Waals surface area contributed by atoms with E-state index >= 15 is 0 Å². The summed E-state index contributed by atoms with van der Waals surface area (Å²) in [5.41, 5.74) is 3.90. The first-order chi connectivity index (χ1) is 16.9. The third-order valence-corrected chi connectivity index (χ3v) is 6.18. The number of esters is 1. The summed E-state index contributed by atoms with van der Waals surface area (Å²) in [5, 5.41) is 20.4. The van der Waals surface area contributed by atoms with Gasteiger partial charge in [0.2, 0.25) is 0 Å². The summed E-state index contributed by atoms with van der Waals surface area (Å²) in [6.45, 7) is 5.13. The molecule has 0 unspecified atom stereocenters. The molecule has 9 heteroatoms. The molecule has 1 saturated heterocycles. The highest BCUT2D eigenvalue weighted by Gasteiger charge is 2.23. The number of piperidine rings is 1. The number of aromatic hydroxyl groups is 2. The highest BCUT2D eigenvalue weighted by molar-refractivity contribution is 6.34. The zero-order chi connectivity index (χ0) is 25.2. The molecule has 0 atom stereocenters. The van der Waals surface area contributed by atoms with Crippen LogP contribution in [0.1, 0.15) is 54.4 Å². The fourth-order valence-corrected chi connectivity index (χ4v) is 4.08. The molecular weight excluding hydrogens is 472 g/mol. The van der Waals surface area contributed by atoms with Crippen LogP contribution < -0.4 is 5.48 Å².